The van der Waals surface area contributed by atoms with Gasteiger partial charge in [0.15, 0.2) is 0 Å². The largest absolute Gasteiger partial charge is 0.511 e. The summed E-state index contributed by atoms with van der Waals surface area (Å²) < 4.78 is 5.65. The third-order valence-corrected chi connectivity index (χ3v) is 8.12. The van der Waals surface area contributed by atoms with Crippen LogP contribution in [0.2, 0.25) is 11.1 Å². The third-order valence-electron chi connectivity index (χ3n) is 2.82. The monoisotopic (exact) mass is 226 g/mol. The minimum atomic E-state index is -2.23. The van der Waals surface area contributed by atoms with E-state index in [4.69, 9.17) is 4.43 Å². The van der Waals surface area contributed by atoms with Crippen molar-refractivity contribution in [2.45, 2.75) is 45.7 Å². The van der Waals surface area contributed by atoms with Gasteiger partial charge >= 0.3 is 5.97 Å². The molecule has 0 aliphatic rings. The van der Waals surface area contributed by atoms with E-state index in [0.717, 1.165) is 5.20 Å². The van der Waals surface area contributed by atoms with Gasteiger partial charge in [-0.15, -0.1) is 6.58 Å². The first kappa shape index (κ1) is 14.2. The normalized spacial score (nSPS) is 11.7. The number of carbonyl (C=O) groups is 1. The van der Waals surface area contributed by atoms with E-state index in [1.807, 2.05) is 6.92 Å². The number of allylic oxidation sites excluding steroid dienone is 1. The van der Waals surface area contributed by atoms with Crippen LogP contribution < -0.4 is 0 Å². The van der Waals surface area contributed by atoms with Crippen molar-refractivity contribution in [2.75, 3.05) is 0 Å². The Hall–Kier alpha value is -0.833. The van der Waals surface area contributed by atoms with E-state index in [0.29, 0.717) is 11.1 Å². The maximum atomic E-state index is 11.4. The fourth-order valence-electron chi connectivity index (χ4n) is 2.18. The summed E-state index contributed by atoms with van der Waals surface area (Å²) in [5.74, 6) is -0.327. The molecule has 0 amide bonds. The van der Waals surface area contributed by atoms with Crippen LogP contribution in [-0.4, -0.2) is 14.3 Å². The molecule has 0 bridgehead atoms. The fraction of sp³-hybridized carbons (Fsp3) is 0.583. The average Bonchev–Trinajstić information content (AvgIpc) is 2.11. The smallest absolute Gasteiger partial charge is 0.317 e. The molecule has 0 aliphatic carbocycles. The van der Waals surface area contributed by atoms with Crippen LogP contribution in [-0.2, 0) is 9.22 Å². The molecule has 0 aromatic heterocycles. The number of carbonyl (C=O) groups excluding carboxylic acids is 1. The van der Waals surface area contributed by atoms with Crippen molar-refractivity contribution in [3.8, 4) is 0 Å². The first-order valence-corrected chi connectivity index (χ1v) is 7.36. The summed E-state index contributed by atoms with van der Waals surface area (Å²) in [5.41, 5.74) is 0.665. The molecule has 0 fully saturated rings. The molecule has 0 radical (unpaired) electrons. The summed E-state index contributed by atoms with van der Waals surface area (Å²) >= 11 is 0. The second kappa shape index (κ2) is 5.31. The van der Waals surface area contributed by atoms with Gasteiger partial charge in [0.05, 0.1) is 0 Å². The number of rotatable bonds is 5. The van der Waals surface area contributed by atoms with Crippen LogP contribution in [0.25, 0.3) is 0 Å². The maximum absolute atomic E-state index is 11.4. The van der Waals surface area contributed by atoms with E-state index in [-0.39, 0.29) is 5.97 Å². The Morgan fingerprint density at radius 3 is 1.87 bits per heavy atom. The highest BCUT2D eigenvalue weighted by molar-refractivity contribution is 6.84. The second-order valence-corrected chi connectivity index (χ2v) is 9.46. The van der Waals surface area contributed by atoms with E-state index < -0.39 is 8.32 Å². The Morgan fingerprint density at radius 2 is 1.67 bits per heavy atom. The van der Waals surface area contributed by atoms with Crippen molar-refractivity contribution >= 4 is 14.3 Å². The van der Waals surface area contributed by atoms with Gasteiger partial charge in [0, 0.05) is 6.08 Å². The van der Waals surface area contributed by atoms with E-state index >= 15 is 0 Å². The highest BCUT2D eigenvalue weighted by Gasteiger charge is 2.46. The third kappa shape index (κ3) is 2.81. The summed E-state index contributed by atoms with van der Waals surface area (Å²) in [6.07, 6.45) is 1.23. The Bertz CT molecular complexity index is 259. The van der Waals surface area contributed by atoms with Gasteiger partial charge in [-0.25, -0.2) is 4.79 Å². The maximum Gasteiger partial charge on any atom is 0.317 e. The molecule has 0 unspecified atom stereocenters. The van der Waals surface area contributed by atoms with Gasteiger partial charge in [-0.1, -0.05) is 39.5 Å². The van der Waals surface area contributed by atoms with Crippen molar-refractivity contribution in [2.24, 2.45) is 0 Å². The number of hydrogen-bond donors (Lipinski definition) is 0. The van der Waals surface area contributed by atoms with E-state index in [1.54, 1.807) is 0 Å². The van der Waals surface area contributed by atoms with E-state index in [9.17, 15) is 4.79 Å². The van der Waals surface area contributed by atoms with Crippen LogP contribution in [0.4, 0.5) is 0 Å². The lowest BCUT2D eigenvalue weighted by Crippen LogP contribution is -2.47. The average molecular weight is 226 g/mol. The molecule has 0 aromatic rings. The number of hydrogen-bond acceptors (Lipinski definition) is 2. The van der Waals surface area contributed by atoms with Gasteiger partial charge in [-0.2, -0.15) is 0 Å². The summed E-state index contributed by atoms with van der Waals surface area (Å²) in [6, 6.07) is 0. The zero-order valence-corrected chi connectivity index (χ0v) is 11.5. The predicted molar refractivity (Wildman–Crippen MR) is 67.1 cm³/mol. The standard InChI is InChI=1S/C12H22O2Si/c1-8-12(13)14-15(9(2)3,10(4)5)11(6)7/h8,10-11H,1-2H2,3-7H3. The lowest BCUT2D eigenvalue weighted by atomic mass is 10.5. The molecule has 3 heteroatoms. The molecule has 0 aliphatic heterocycles. The van der Waals surface area contributed by atoms with E-state index in [1.165, 1.54) is 6.08 Å². The molecule has 15 heavy (non-hydrogen) atoms. The first-order chi connectivity index (χ1) is 6.78. The van der Waals surface area contributed by atoms with Crippen LogP contribution in [0.15, 0.2) is 24.4 Å². The van der Waals surface area contributed by atoms with Crippen LogP contribution in [0.1, 0.15) is 34.6 Å². The predicted octanol–water partition coefficient (Wildman–Crippen LogP) is 3.60. The summed E-state index contributed by atoms with van der Waals surface area (Å²) in [5, 5.41) is 1.02. The molecule has 0 spiro atoms. The quantitative estimate of drug-likeness (QED) is 0.529. The van der Waals surface area contributed by atoms with E-state index in [2.05, 4.69) is 40.9 Å². The minimum absolute atomic E-state index is 0.327. The Balaban J connectivity index is 5.23. The molecular weight excluding hydrogens is 204 g/mol. The summed E-state index contributed by atoms with van der Waals surface area (Å²) in [7, 11) is -2.23. The Morgan fingerprint density at radius 1 is 1.27 bits per heavy atom. The highest BCUT2D eigenvalue weighted by Crippen LogP contribution is 2.38. The van der Waals surface area contributed by atoms with Crippen LogP contribution in [0.5, 0.6) is 0 Å². The van der Waals surface area contributed by atoms with Crippen molar-refractivity contribution in [1.29, 1.82) is 0 Å². The summed E-state index contributed by atoms with van der Waals surface area (Å²) in [6.45, 7) is 17.8. The first-order valence-electron chi connectivity index (χ1n) is 5.30. The molecule has 0 heterocycles. The Kier molecular flexibility index (Phi) is 5.01. The topological polar surface area (TPSA) is 26.3 Å². The highest BCUT2D eigenvalue weighted by atomic mass is 28.4. The molecule has 0 rings (SSSR count). The molecule has 0 N–H and O–H groups in total. The second-order valence-electron chi connectivity index (χ2n) is 4.51. The van der Waals surface area contributed by atoms with Crippen LogP contribution in [0, 0.1) is 0 Å². The zero-order valence-electron chi connectivity index (χ0n) is 10.5. The van der Waals surface area contributed by atoms with Crippen molar-refractivity contribution in [3.63, 3.8) is 0 Å². The minimum Gasteiger partial charge on any atom is -0.511 e. The molecule has 86 valence electrons. The zero-order chi connectivity index (χ0) is 12.2. The van der Waals surface area contributed by atoms with Gasteiger partial charge < -0.3 is 4.43 Å². The fourth-order valence-corrected chi connectivity index (χ4v) is 6.55. The summed E-state index contributed by atoms with van der Waals surface area (Å²) in [4.78, 5) is 11.4. The molecule has 0 atom stereocenters. The van der Waals surface area contributed by atoms with Gasteiger partial charge in [-0.05, 0) is 18.0 Å². The molecular formula is C12H22O2Si. The van der Waals surface area contributed by atoms with Gasteiger partial charge in [0.1, 0.15) is 0 Å². The van der Waals surface area contributed by atoms with Crippen molar-refractivity contribution in [3.05, 3.63) is 24.4 Å². The Labute approximate surface area is 94.2 Å². The van der Waals surface area contributed by atoms with Crippen LogP contribution >= 0.6 is 0 Å². The van der Waals surface area contributed by atoms with Gasteiger partial charge in [0.2, 0.25) is 0 Å². The SMILES string of the molecule is C=CC(=O)O[Si](C(=C)C)(C(C)C)C(C)C. The van der Waals surface area contributed by atoms with Gasteiger partial charge in [0.25, 0.3) is 8.32 Å². The van der Waals surface area contributed by atoms with Crippen molar-refractivity contribution in [1.82, 2.24) is 0 Å². The molecule has 2 nitrogen and oxygen atoms in total. The lowest BCUT2D eigenvalue weighted by molar-refractivity contribution is -0.130. The van der Waals surface area contributed by atoms with Crippen molar-refractivity contribution < 1.29 is 9.22 Å². The van der Waals surface area contributed by atoms with Gasteiger partial charge in [-0.3, -0.25) is 0 Å². The van der Waals surface area contributed by atoms with Crippen LogP contribution in [0.3, 0.4) is 0 Å². The lowest BCUT2D eigenvalue weighted by Gasteiger charge is -2.38. The molecule has 0 saturated heterocycles. The molecule has 0 saturated carbocycles. The molecule has 0 aromatic carbocycles.